The van der Waals surface area contributed by atoms with Crippen molar-refractivity contribution in [3.8, 4) is 0 Å². The summed E-state index contributed by atoms with van der Waals surface area (Å²) in [7, 11) is 0. The molecule has 0 spiro atoms. The highest BCUT2D eigenvalue weighted by Crippen LogP contribution is 2.35. The van der Waals surface area contributed by atoms with Crippen LogP contribution in [0.1, 0.15) is 37.7 Å². The number of hydrogen-bond acceptors (Lipinski definition) is 3. The van der Waals surface area contributed by atoms with Crippen LogP contribution in [0.5, 0.6) is 0 Å². The zero-order chi connectivity index (χ0) is 14.4. The second-order valence-corrected chi connectivity index (χ2v) is 5.36. The van der Waals surface area contributed by atoms with E-state index in [0.29, 0.717) is 5.69 Å². The van der Waals surface area contributed by atoms with Gasteiger partial charge in [0.2, 0.25) is 0 Å². The van der Waals surface area contributed by atoms with Crippen molar-refractivity contribution in [3.05, 3.63) is 17.0 Å². The number of halogens is 3. The van der Waals surface area contributed by atoms with Crippen molar-refractivity contribution in [2.24, 2.45) is 0 Å². The van der Waals surface area contributed by atoms with Crippen molar-refractivity contribution >= 4 is 6.09 Å². The third kappa shape index (κ3) is 2.82. The van der Waals surface area contributed by atoms with Gasteiger partial charge in [-0.1, -0.05) is 0 Å². The number of aromatic nitrogens is 2. The molecule has 1 aliphatic rings. The second-order valence-electron chi connectivity index (χ2n) is 5.36. The number of nitrogens with one attached hydrogen (secondary N) is 1. The molecule has 0 saturated heterocycles. The van der Waals surface area contributed by atoms with Crippen LogP contribution in [0, 0.1) is 0 Å². The molecule has 0 saturated carbocycles. The molecular formula is C11H14F3N3O2. The average Bonchev–Trinajstić information content (AvgIpc) is 2.68. The lowest BCUT2D eigenvalue weighted by Gasteiger charge is -2.24. The van der Waals surface area contributed by atoms with Gasteiger partial charge in [-0.05, 0) is 20.8 Å². The number of hydrogen-bond donors (Lipinski definition) is 1. The predicted octanol–water partition coefficient (Wildman–Crippen LogP) is 2.68. The van der Waals surface area contributed by atoms with Crippen molar-refractivity contribution < 1.29 is 22.7 Å². The molecule has 8 heteroatoms. The molecule has 1 aromatic heterocycles. The number of rotatable bonds is 0. The molecule has 106 valence electrons. The van der Waals surface area contributed by atoms with E-state index < -0.39 is 23.6 Å². The van der Waals surface area contributed by atoms with Gasteiger partial charge >= 0.3 is 12.3 Å². The molecule has 2 rings (SSSR count). The van der Waals surface area contributed by atoms with Crippen molar-refractivity contribution in [1.29, 1.82) is 0 Å². The summed E-state index contributed by atoms with van der Waals surface area (Å²) in [6, 6.07) is 0. The summed E-state index contributed by atoms with van der Waals surface area (Å²) in [4.78, 5) is 13.0. The summed E-state index contributed by atoms with van der Waals surface area (Å²) in [6.45, 7) is 5.00. The van der Waals surface area contributed by atoms with Gasteiger partial charge in [-0.3, -0.25) is 10.00 Å². The van der Waals surface area contributed by atoms with Crippen molar-refractivity contribution in [2.75, 3.05) is 0 Å². The predicted molar refractivity (Wildman–Crippen MR) is 59.1 cm³/mol. The van der Waals surface area contributed by atoms with Crippen molar-refractivity contribution in [1.82, 2.24) is 15.1 Å². The van der Waals surface area contributed by atoms with Gasteiger partial charge in [-0.2, -0.15) is 18.3 Å². The highest BCUT2D eigenvalue weighted by molar-refractivity contribution is 5.69. The number of carbonyl (C=O) groups is 1. The molecule has 2 heterocycles. The maximum absolute atomic E-state index is 12.7. The Morgan fingerprint density at radius 1 is 1.32 bits per heavy atom. The van der Waals surface area contributed by atoms with E-state index in [-0.39, 0.29) is 18.7 Å². The summed E-state index contributed by atoms with van der Waals surface area (Å²) < 4.78 is 43.1. The lowest BCUT2D eigenvalue weighted by atomic mass is 10.2. The monoisotopic (exact) mass is 277 g/mol. The van der Waals surface area contributed by atoms with Crippen LogP contribution in [0.25, 0.3) is 0 Å². The molecule has 0 bridgehead atoms. The first-order valence-electron chi connectivity index (χ1n) is 5.69. The Morgan fingerprint density at radius 2 is 1.95 bits per heavy atom. The number of nitrogens with zero attached hydrogens (tertiary/aromatic N) is 2. The summed E-state index contributed by atoms with van der Waals surface area (Å²) in [5, 5.41) is 5.57. The SMILES string of the molecule is CC(C)(C)OC(=O)N1Cc2[nH]nc(C(F)(F)F)c2C1. The number of amides is 1. The first-order valence-corrected chi connectivity index (χ1v) is 5.69. The molecule has 0 atom stereocenters. The van der Waals surface area contributed by atoms with E-state index in [0.717, 1.165) is 0 Å². The minimum atomic E-state index is -4.52. The Morgan fingerprint density at radius 3 is 2.47 bits per heavy atom. The fourth-order valence-electron chi connectivity index (χ4n) is 1.83. The van der Waals surface area contributed by atoms with Crippen molar-refractivity contribution in [3.63, 3.8) is 0 Å². The number of H-pyrrole nitrogens is 1. The first-order chi connectivity index (χ1) is 8.58. The van der Waals surface area contributed by atoms with Gasteiger partial charge in [0.1, 0.15) is 5.60 Å². The van der Waals surface area contributed by atoms with Gasteiger partial charge in [0.15, 0.2) is 5.69 Å². The molecular weight excluding hydrogens is 263 g/mol. The van der Waals surface area contributed by atoms with E-state index in [2.05, 4.69) is 10.2 Å². The van der Waals surface area contributed by atoms with E-state index in [4.69, 9.17) is 4.74 Å². The topological polar surface area (TPSA) is 58.2 Å². The molecule has 1 aliphatic heterocycles. The number of fused-ring (bicyclic) bond motifs is 1. The summed E-state index contributed by atoms with van der Waals surface area (Å²) in [5.41, 5.74) is -1.33. The third-order valence-corrected chi connectivity index (χ3v) is 2.57. The van der Waals surface area contributed by atoms with E-state index in [1.165, 1.54) is 4.90 Å². The molecule has 1 N–H and O–H groups in total. The van der Waals surface area contributed by atoms with Crippen molar-refractivity contribution in [2.45, 2.75) is 45.6 Å². The third-order valence-electron chi connectivity index (χ3n) is 2.57. The maximum Gasteiger partial charge on any atom is 0.435 e. The van der Waals surface area contributed by atoms with Crippen LogP contribution in [0.2, 0.25) is 0 Å². The van der Waals surface area contributed by atoms with Gasteiger partial charge in [-0.15, -0.1) is 0 Å². The normalized spacial score (nSPS) is 15.6. The van der Waals surface area contributed by atoms with Crippen LogP contribution in [0.4, 0.5) is 18.0 Å². The molecule has 1 amide bonds. The number of carbonyl (C=O) groups excluding carboxylic acids is 1. The standard InChI is InChI=1S/C11H14F3N3O2/c1-10(2,3)19-9(18)17-4-6-7(5-17)15-16-8(6)11(12,13)14/h4-5H2,1-3H3,(H,15,16). The van der Waals surface area contributed by atoms with Crippen LogP contribution in [0.3, 0.4) is 0 Å². The second kappa shape index (κ2) is 4.14. The smallest absolute Gasteiger partial charge is 0.435 e. The summed E-state index contributed by atoms with van der Waals surface area (Å²) in [5.74, 6) is 0. The Hall–Kier alpha value is -1.73. The molecule has 0 fully saturated rings. The average molecular weight is 277 g/mol. The van der Waals surface area contributed by atoms with Gasteiger partial charge in [0, 0.05) is 5.56 Å². The molecule has 1 aromatic rings. The fourth-order valence-corrected chi connectivity index (χ4v) is 1.83. The molecule has 0 radical (unpaired) electrons. The minimum Gasteiger partial charge on any atom is -0.444 e. The minimum absolute atomic E-state index is 0.0124. The van der Waals surface area contributed by atoms with Crippen LogP contribution >= 0.6 is 0 Å². The fraction of sp³-hybridized carbons (Fsp3) is 0.636. The quantitative estimate of drug-likeness (QED) is 0.793. The zero-order valence-electron chi connectivity index (χ0n) is 10.8. The van der Waals surface area contributed by atoms with Gasteiger partial charge in [0.25, 0.3) is 0 Å². The van der Waals surface area contributed by atoms with Crippen LogP contribution in [-0.2, 0) is 24.0 Å². The molecule has 5 nitrogen and oxygen atoms in total. The lowest BCUT2D eigenvalue weighted by Crippen LogP contribution is -2.33. The summed E-state index contributed by atoms with van der Waals surface area (Å²) in [6.07, 6.45) is -5.15. The van der Waals surface area contributed by atoms with E-state index >= 15 is 0 Å². The summed E-state index contributed by atoms with van der Waals surface area (Å²) >= 11 is 0. The largest absolute Gasteiger partial charge is 0.444 e. The maximum atomic E-state index is 12.7. The molecule has 0 aromatic carbocycles. The highest BCUT2D eigenvalue weighted by Gasteiger charge is 2.41. The first kappa shape index (κ1) is 13.7. The zero-order valence-corrected chi connectivity index (χ0v) is 10.8. The van der Waals surface area contributed by atoms with Crippen LogP contribution in [0.15, 0.2) is 0 Å². The molecule has 0 aliphatic carbocycles. The van der Waals surface area contributed by atoms with Crippen LogP contribution in [-0.4, -0.2) is 26.8 Å². The van der Waals surface area contributed by atoms with E-state index in [1.54, 1.807) is 20.8 Å². The van der Waals surface area contributed by atoms with Gasteiger partial charge in [-0.25, -0.2) is 4.79 Å². The number of alkyl halides is 3. The molecule has 19 heavy (non-hydrogen) atoms. The highest BCUT2D eigenvalue weighted by atomic mass is 19.4. The lowest BCUT2D eigenvalue weighted by molar-refractivity contribution is -0.142. The number of aromatic amines is 1. The van der Waals surface area contributed by atoms with Crippen LogP contribution < -0.4 is 0 Å². The Balaban J connectivity index is 2.13. The Kier molecular flexibility index (Phi) is 2.98. The Bertz CT molecular complexity index is 502. The Labute approximate surface area is 107 Å². The van der Waals surface area contributed by atoms with E-state index in [1.807, 2.05) is 0 Å². The van der Waals surface area contributed by atoms with Gasteiger partial charge < -0.3 is 4.74 Å². The number of ether oxygens (including phenoxy) is 1. The van der Waals surface area contributed by atoms with Gasteiger partial charge in [0.05, 0.1) is 18.8 Å². The molecule has 0 unspecified atom stereocenters. The van der Waals surface area contributed by atoms with E-state index in [9.17, 15) is 18.0 Å².